The molecule has 1 aromatic heterocycles. The van der Waals surface area contributed by atoms with Crippen LogP contribution in [0, 0.1) is 6.92 Å². The molecule has 2 saturated heterocycles. The van der Waals surface area contributed by atoms with Crippen molar-refractivity contribution in [2.24, 2.45) is 0 Å². The summed E-state index contributed by atoms with van der Waals surface area (Å²) >= 11 is 0. The van der Waals surface area contributed by atoms with Gasteiger partial charge in [-0.25, -0.2) is 0 Å². The summed E-state index contributed by atoms with van der Waals surface area (Å²) in [5, 5.41) is 3.91. The van der Waals surface area contributed by atoms with Gasteiger partial charge in [0.05, 0.1) is 12.6 Å². The Morgan fingerprint density at radius 3 is 2.91 bits per heavy atom. The zero-order valence-corrected chi connectivity index (χ0v) is 14.0. The van der Waals surface area contributed by atoms with Crippen molar-refractivity contribution < 1.29 is 14.1 Å². The van der Waals surface area contributed by atoms with Crippen molar-refractivity contribution in [1.82, 2.24) is 19.9 Å². The van der Waals surface area contributed by atoms with Gasteiger partial charge in [-0.05, 0) is 25.7 Å². The molecule has 0 aliphatic carbocycles. The van der Waals surface area contributed by atoms with Crippen molar-refractivity contribution in [3.8, 4) is 0 Å². The molecule has 0 saturated carbocycles. The number of likely N-dealkylation sites (tertiary alicyclic amines) is 1. The summed E-state index contributed by atoms with van der Waals surface area (Å²) in [5.74, 6) is 1.17. The van der Waals surface area contributed by atoms with Crippen LogP contribution in [0.4, 0.5) is 0 Å². The maximum atomic E-state index is 12.0. The summed E-state index contributed by atoms with van der Waals surface area (Å²) in [7, 11) is 0. The van der Waals surface area contributed by atoms with Crippen molar-refractivity contribution in [2.75, 3.05) is 26.2 Å². The minimum Gasteiger partial charge on any atom is -0.377 e. The summed E-state index contributed by atoms with van der Waals surface area (Å²) in [5.41, 5.74) is 0. The highest BCUT2D eigenvalue weighted by molar-refractivity contribution is 5.73. The lowest BCUT2D eigenvalue weighted by molar-refractivity contribution is -0.131. The number of aromatic nitrogens is 2. The third-order valence-electron chi connectivity index (χ3n) is 4.71. The predicted octanol–water partition coefficient (Wildman–Crippen LogP) is 1.37. The fourth-order valence-corrected chi connectivity index (χ4v) is 3.53. The van der Waals surface area contributed by atoms with Gasteiger partial charge in [0.15, 0.2) is 5.82 Å². The second-order valence-electron chi connectivity index (χ2n) is 6.57. The number of amides is 1. The lowest BCUT2D eigenvalue weighted by Gasteiger charge is -2.29. The van der Waals surface area contributed by atoms with Crippen molar-refractivity contribution in [1.29, 1.82) is 0 Å². The molecule has 7 heteroatoms. The first-order valence-corrected chi connectivity index (χ1v) is 8.52. The molecule has 2 aliphatic heterocycles. The first kappa shape index (κ1) is 16.4. The van der Waals surface area contributed by atoms with Crippen LogP contribution >= 0.6 is 0 Å². The van der Waals surface area contributed by atoms with Crippen LogP contribution in [0.3, 0.4) is 0 Å². The topological polar surface area (TPSA) is 71.7 Å². The number of rotatable bonds is 5. The third-order valence-corrected chi connectivity index (χ3v) is 4.71. The Kier molecular flexibility index (Phi) is 5.27. The summed E-state index contributed by atoms with van der Waals surface area (Å²) < 4.78 is 10.8. The molecule has 0 unspecified atom stereocenters. The van der Waals surface area contributed by atoms with Gasteiger partial charge in [-0.15, -0.1) is 0 Å². The van der Waals surface area contributed by atoms with Crippen LogP contribution in [0.15, 0.2) is 4.52 Å². The van der Waals surface area contributed by atoms with E-state index in [1.54, 1.807) is 13.8 Å². The average Bonchev–Trinajstić information content (AvgIpc) is 3.15. The maximum absolute atomic E-state index is 12.0. The van der Waals surface area contributed by atoms with Gasteiger partial charge < -0.3 is 14.2 Å². The number of aryl methyl sites for hydroxylation is 1. The third kappa shape index (κ3) is 4.29. The van der Waals surface area contributed by atoms with Gasteiger partial charge in [-0.1, -0.05) is 5.16 Å². The van der Waals surface area contributed by atoms with Gasteiger partial charge in [0.1, 0.15) is 0 Å². The Morgan fingerprint density at radius 1 is 1.39 bits per heavy atom. The van der Waals surface area contributed by atoms with Crippen LogP contribution in [0.5, 0.6) is 0 Å². The molecule has 0 radical (unpaired) electrons. The Morgan fingerprint density at radius 2 is 2.26 bits per heavy atom. The zero-order chi connectivity index (χ0) is 16.2. The number of ether oxygens (including phenoxy) is 1. The molecule has 1 aromatic rings. The molecule has 128 valence electrons. The highest BCUT2D eigenvalue weighted by Crippen LogP contribution is 2.21. The molecule has 0 spiro atoms. The quantitative estimate of drug-likeness (QED) is 0.815. The first-order valence-electron chi connectivity index (χ1n) is 8.52. The van der Waals surface area contributed by atoms with Crippen LogP contribution in [-0.4, -0.2) is 64.2 Å². The van der Waals surface area contributed by atoms with Crippen LogP contribution in [0.1, 0.15) is 44.3 Å². The zero-order valence-electron chi connectivity index (χ0n) is 14.0. The van der Waals surface area contributed by atoms with Crippen molar-refractivity contribution in [2.45, 2.75) is 58.2 Å². The summed E-state index contributed by atoms with van der Waals surface area (Å²) in [6.07, 6.45) is 4.94. The van der Waals surface area contributed by atoms with Gasteiger partial charge in [0.25, 0.3) is 0 Å². The Hall–Kier alpha value is -1.47. The van der Waals surface area contributed by atoms with E-state index in [4.69, 9.17) is 9.26 Å². The number of hydrogen-bond acceptors (Lipinski definition) is 6. The molecule has 0 N–H and O–H groups in total. The predicted molar refractivity (Wildman–Crippen MR) is 83.7 cm³/mol. The standard InChI is InChI=1S/C16H26N4O3/c1-12-17-16(18-23-12)11-20(13(2)21)14-6-7-19(9-14)10-15-5-3-4-8-22-15/h14-15H,3-11H2,1-2H3/t14-,15+/m1/s1. The highest BCUT2D eigenvalue weighted by atomic mass is 16.5. The van der Waals surface area contributed by atoms with Crippen molar-refractivity contribution >= 4 is 5.91 Å². The largest absolute Gasteiger partial charge is 0.377 e. The van der Waals surface area contributed by atoms with Gasteiger partial charge in [0, 0.05) is 46.1 Å². The highest BCUT2D eigenvalue weighted by Gasteiger charge is 2.31. The van der Waals surface area contributed by atoms with Gasteiger partial charge in [-0.3, -0.25) is 9.69 Å². The molecule has 3 heterocycles. The van der Waals surface area contributed by atoms with Gasteiger partial charge in [-0.2, -0.15) is 4.98 Å². The van der Waals surface area contributed by atoms with Crippen LogP contribution in [0.2, 0.25) is 0 Å². The van der Waals surface area contributed by atoms with Gasteiger partial charge >= 0.3 is 0 Å². The molecule has 0 bridgehead atoms. The fourth-order valence-electron chi connectivity index (χ4n) is 3.53. The van der Waals surface area contributed by atoms with E-state index in [2.05, 4.69) is 15.0 Å². The Bertz CT molecular complexity index is 527. The average molecular weight is 322 g/mol. The van der Waals surface area contributed by atoms with E-state index >= 15 is 0 Å². The van der Waals surface area contributed by atoms with Crippen molar-refractivity contribution in [3.05, 3.63) is 11.7 Å². The monoisotopic (exact) mass is 322 g/mol. The molecule has 7 nitrogen and oxygen atoms in total. The van der Waals surface area contributed by atoms with E-state index in [0.29, 0.717) is 24.4 Å². The molecule has 23 heavy (non-hydrogen) atoms. The number of carbonyl (C=O) groups is 1. The fraction of sp³-hybridized carbons (Fsp3) is 0.812. The number of nitrogens with zero attached hydrogens (tertiary/aromatic N) is 4. The van der Waals surface area contributed by atoms with E-state index in [1.807, 2.05) is 4.90 Å². The Balaban J connectivity index is 1.55. The summed E-state index contributed by atoms with van der Waals surface area (Å²) in [4.78, 5) is 20.5. The smallest absolute Gasteiger partial charge is 0.223 e. The molecular weight excluding hydrogens is 296 g/mol. The van der Waals surface area contributed by atoms with E-state index in [0.717, 1.165) is 39.1 Å². The van der Waals surface area contributed by atoms with E-state index in [-0.39, 0.29) is 11.9 Å². The maximum Gasteiger partial charge on any atom is 0.223 e. The molecular formula is C16H26N4O3. The lowest BCUT2D eigenvalue weighted by atomic mass is 10.1. The molecule has 2 fully saturated rings. The number of hydrogen-bond donors (Lipinski definition) is 0. The second-order valence-corrected chi connectivity index (χ2v) is 6.57. The van der Waals surface area contributed by atoms with Crippen LogP contribution in [0.25, 0.3) is 0 Å². The van der Waals surface area contributed by atoms with Crippen LogP contribution < -0.4 is 0 Å². The summed E-state index contributed by atoms with van der Waals surface area (Å²) in [6.45, 7) is 7.57. The van der Waals surface area contributed by atoms with E-state index < -0.39 is 0 Å². The molecule has 2 atom stereocenters. The number of carbonyl (C=O) groups excluding carboxylic acids is 1. The molecule has 2 aliphatic rings. The molecule has 1 amide bonds. The van der Waals surface area contributed by atoms with Crippen molar-refractivity contribution in [3.63, 3.8) is 0 Å². The molecule has 3 rings (SSSR count). The summed E-state index contributed by atoms with van der Waals surface area (Å²) in [6, 6.07) is 0.217. The second kappa shape index (κ2) is 7.40. The minimum absolute atomic E-state index is 0.0632. The SMILES string of the molecule is CC(=O)N(Cc1noc(C)n1)[C@@H]1CCN(C[C@@H]2CCCCO2)C1. The van der Waals surface area contributed by atoms with Crippen LogP contribution in [-0.2, 0) is 16.1 Å². The van der Waals surface area contributed by atoms with E-state index in [9.17, 15) is 4.79 Å². The lowest BCUT2D eigenvalue weighted by Crippen LogP contribution is -2.42. The van der Waals surface area contributed by atoms with E-state index in [1.165, 1.54) is 12.8 Å². The minimum atomic E-state index is 0.0632. The normalized spacial score (nSPS) is 25.7. The molecule has 0 aromatic carbocycles. The Labute approximate surface area is 137 Å². The first-order chi connectivity index (χ1) is 11.1. The van der Waals surface area contributed by atoms with Gasteiger partial charge in [0.2, 0.25) is 11.8 Å².